The molecular weight excluding hydrogens is 288 g/mol. The number of aryl methyl sites for hydroxylation is 2. The lowest BCUT2D eigenvalue weighted by Crippen LogP contribution is -2.39. The zero-order chi connectivity index (χ0) is 16.2. The van der Waals surface area contributed by atoms with E-state index in [0.29, 0.717) is 11.6 Å². The molecule has 0 spiro atoms. The average molecular weight is 308 g/mol. The highest BCUT2D eigenvalue weighted by molar-refractivity contribution is 5.42. The summed E-state index contributed by atoms with van der Waals surface area (Å²) < 4.78 is 0. The fourth-order valence-corrected chi connectivity index (χ4v) is 2.87. The number of nitriles is 1. The van der Waals surface area contributed by atoms with Crippen LogP contribution in [-0.2, 0) is 0 Å². The van der Waals surface area contributed by atoms with Crippen molar-refractivity contribution >= 4 is 11.8 Å². The zero-order valence-corrected chi connectivity index (χ0v) is 13.5. The third kappa shape index (κ3) is 3.75. The van der Waals surface area contributed by atoms with Crippen molar-refractivity contribution in [1.82, 2.24) is 15.0 Å². The maximum atomic E-state index is 8.83. The smallest absolute Gasteiger partial charge is 0.223 e. The molecule has 1 aliphatic rings. The highest BCUT2D eigenvalue weighted by atomic mass is 15.2. The molecule has 2 aromatic rings. The van der Waals surface area contributed by atoms with Crippen LogP contribution in [0, 0.1) is 25.2 Å². The summed E-state index contributed by atoms with van der Waals surface area (Å²) in [5, 5.41) is 12.3. The fourth-order valence-electron chi connectivity index (χ4n) is 2.87. The Morgan fingerprint density at radius 3 is 2.43 bits per heavy atom. The van der Waals surface area contributed by atoms with E-state index in [4.69, 9.17) is 5.26 Å². The summed E-state index contributed by atoms with van der Waals surface area (Å²) in [7, 11) is 0. The Kier molecular flexibility index (Phi) is 4.38. The molecule has 2 aromatic heterocycles. The Morgan fingerprint density at radius 1 is 1.17 bits per heavy atom. The normalized spacial score (nSPS) is 15.3. The molecule has 0 saturated carbocycles. The Hall–Kier alpha value is -2.68. The van der Waals surface area contributed by atoms with Gasteiger partial charge in [0.2, 0.25) is 5.95 Å². The van der Waals surface area contributed by atoms with Gasteiger partial charge in [0.1, 0.15) is 11.9 Å². The van der Waals surface area contributed by atoms with E-state index in [0.717, 1.165) is 49.1 Å². The highest BCUT2D eigenvalue weighted by Gasteiger charge is 2.20. The van der Waals surface area contributed by atoms with Gasteiger partial charge in [-0.25, -0.2) is 15.0 Å². The van der Waals surface area contributed by atoms with Gasteiger partial charge >= 0.3 is 0 Å². The lowest BCUT2D eigenvalue weighted by atomic mass is 10.1. The van der Waals surface area contributed by atoms with Gasteiger partial charge in [-0.1, -0.05) is 0 Å². The summed E-state index contributed by atoms with van der Waals surface area (Å²) in [6.45, 7) is 5.83. The van der Waals surface area contributed by atoms with Crippen LogP contribution in [0.4, 0.5) is 11.8 Å². The van der Waals surface area contributed by atoms with Crippen LogP contribution < -0.4 is 10.2 Å². The molecule has 0 bridgehead atoms. The van der Waals surface area contributed by atoms with E-state index in [2.05, 4.69) is 31.2 Å². The van der Waals surface area contributed by atoms with Crippen molar-refractivity contribution < 1.29 is 0 Å². The van der Waals surface area contributed by atoms with Crippen molar-refractivity contribution in [2.75, 3.05) is 23.3 Å². The molecule has 118 valence electrons. The lowest BCUT2D eigenvalue weighted by Gasteiger charge is -2.33. The van der Waals surface area contributed by atoms with Crippen molar-refractivity contribution in [3.05, 3.63) is 41.3 Å². The number of aromatic nitrogens is 3. The Balaban J connectivity index is 1.58. The average Bonchev–Trinajstić information content (AvgIpc) is 2.55. The number of anilines is 2. The summed E-state index contributed by atoms with van der Waals surface area (Å²) >= 11 is 0. The van der Waals surface area contributed by atoms with Gasteiger partial charge < -0.3 is 10.2 Å². The standard InChI is InChI=1S/C17H20N6/c1-12-9-13(2)21-17(20-12)22-15-5-7-23(8-6-15)16-4-3-14(10-18)11-19-16/h3-4,9,11,15H,5-8H2,1-2H3,(H,20,21,22). The topological polar surface area (TPSA) is 77.7 Å². The van der Waals surface area contributed by atoms with Crippen LogP contribution in [0.5, 0.6) is 0 Å². The highest BCUT2D eigenvalue weighted by Crippen LogP contribution is 2.20. The fraction of sp³-hybridized carbons (Fsp3) is 0.412. The predicted octanol–water partition coefficient (Wildman–Crippen LogP) is 2.44. The van der Waals surface area contributed by atoms with Gasteiger partial charge in [-0.05, 0) is 44.9 Å². The Labute approximate surface area is 136 Å². The summed E-state index contributed by atoms with van der Waals surface area (Å²) in [5.41, 5.74) is 2.57. The zero-order valence-electron chi connectivity index (χ0n) is 13.5. The molecule has 0 unspecified atom stereocenters. The first-order valence-electron chi connectivity index (χ1n) is 7.84. The molecule has 23 heavy (non-hydrogen) atoms. The van der Waals surface area contributed by atoms with Crippen LogP contribution in [0.1, 0.15) is 29.8 Å². The first-order valence-corrected chi connectivity index (χ1v) is 7.84. The Bertz CT molecular complexity index is 691. The number of nitrogens with zero attached hydrogens (tertiary/aromatic N) is 5. The summed E-state index contributed by atoms with van der Waals surface area (Å²) in [6.07, 6.45) is 3.65. The van der Waals surface area contributed by atoms with Crippen LogP contribution in [-0.4, -0.2) is 34.1 Å². The molecule has 0 radical (unpaired) electrons. The van der Waals surface area contributed by atoms with Crippen LogP contribution in [0.25, 0.3) is 0 Å². The van der Waals surface area contributed by atoms with Crippen molar-refractivity contribution in [2.45, 2.75) is 32.7 Å². The molecule has 1 fully saturated rings. The number of hydrogen-bond donors (Lipinski definition) is 1. The van der Waals surface area contributed by atoms with E-state index in [1.54, 1.807) is 6.20 Å². The molecule has 0 aliphatic carbocycles. The molecule has 0 atom stereocenters. The summed E-state index contributed by atoms with van der Waals surface area (Å²) in [5.74, 6) is 1.66. The number of pyridine rings is 1. The van der Waals surface area contributed by atoms with Crippen molar-refractivity contribution in [3.63, 3.8) is 0 Å². The van der Waals surface area contributed by atoms with E-state index >= 15 is 0 Å². The minimum absolute atomic E-state index is 0.380. The third-order valence-electron chi connectivity index (χ3n) is 4.01. The molecule has 6 heteroatoms. The minimum Gasteiger partial charge on any atom is -0.356 e. The van der Waals surface area contributed by atoms with Crippen molar-refractivity contribution in [1.29, 1.82) is 5.26 Å². The van der Waals surface area contributed by atoms with Crippen molar-refractivity contribution in [3.8, 4) is 6.07 Å². The second kappa shape index (κ2) is 6.61. The maximum Gasteiger partial charge on any atom is 0.223 e. The van der Waals surface area contributed by atoms with E-state index in [1.165, 1.54) is 0 Å². The third-order valence-corrected chi connectivity index (χ3v) is 4.01. The first kappa shape index (κ1) is 15.2. The van der Waals surface area contributed by atoms with Crippen molar-refractivity contribution in [2.24, 2.45) is 0 Å². The second-order valence-electron chi connectivity index (χ2n) is 5.90. The molecule has 6 nitrogen and oxygen atoms in total. The summed E-state index contributed by atoms with van der Waals surface area (Å²) in [6, 6.07) is 8.18. The van der Waals surface area contributed by atoms with E-state index in [1.807, 2.05) is 32.0 Å². The molecule has 0 aromatic carbocycles. The lowest BCUT2D eigenvalue weighted by molar-refractivity contribution is 0.520. The Morgan fingerprint density at radius 2 is 1.87 bits per heavy atom. The predicted molar refractivity (Wildman–Crippen MR) is 89.3 cm³/mol. The molecule has 1 N–H and O–H groups in total. The van der Waals surface area contributed by atoms with Crippen LogP contribution >= 0.6 is 0 Å². The van der Waals surface area contributed by atoms with Crippen LogP contribution in [0.3, 0.4) is 0 Å². The van der Waals surface area contributed by atoms with Gasteiger partial charge in [-0.2, -0.15) is 5.26 Å². The molecule has 0 amide bonds. The van der Waals surface area contributed by atoms with E-state index in [9.17, 15) is 0 Å². The van der Waals surface area contributed by atoms with Gasteiger partial charge in [0, 0.05) is 36.7 Å². The van der Waals surface area contributed by atoms with Gasteiger partial charge in [0.15, 0.2) is 0 Å². The van der Waals surface area contributed by atoms with Crippen LogP contribution in [0.15, 0.2) is 24.4 Å². The summed E-state index contributed by atoms with van der Waals surface area (Å²) in [4.78, 5) is 15.5. The van der Waals surface area contributed by atoms with E-state index < -0.39 is 0 Å². The molecule has 3 rings (SSSR count). The van der Waals surface area contributed by atoms with Gasteiger partial charge in [0.25, 0.3) is 0 Å². The minimum atomic E-state index is 0.380. The first-order chi connectivity index (χ1) is 11.1. The molecule has 1 aliphatic heterocycles. The molecular formula is C17H20N6. The SMILES string of the molecule is Cc1cc(C)nc(NC2CCN(c3ccc(C#N)cn3)CC2)n1. The maximum absolute atomic E-state index is 8.83. The van der Waals surface area contributed by atoms with Crippen LogP contribution in [0.2, 0.25) is 0 Å². The monoisotopic (exact) mass is 308 g/mol. The largest absolute Gasteiger partial charge is 0.356 e. The van der Waals surface area contributed by atoms with E-state index in [-0.39, 0.29) is 0 Å². The van der Waals surface area contributed by atoms with Gasteiger partial charge in [0.05, 0.1) is 5.56 Å². The number of nitrogens with one attached hydrogen (secondary N) is 1. The number of piperidine rings is 1. The molecule has 3 heterocycles. The van der Waals surface area contributed by atoms with Gasteiger partial charge in [-0.3, -0.25) is 0 Å². The number of rotatable bonds is 3. The molecule has 1 saturated heterocycles. The quantitative estimate of drug-likeness (QED) is 0.938. The number of hydrogen-bond acceptors (Lipinski definition) is 6. The van der Waals surface area contributed by atoms with Gasteiger partial charge in [-0.15, -0.1) is 0 Å². The second-order valence-corrected chi connectivity index (χ2v) is 5.90.